The minimum Gasteiger partial charge on any atom is -0.480 e. The van der Waals surface area contributed by atoms with Crippen molar-refractivity contribution in [3.8, 4) is 0 Å². The van der Waals surface area contributed by atoms with Crippen molar-refractivity contribution >= 4 is 5.97 Å². The highest BCUT2D eigenvalue weighted by Crippen LogP contribution is 2.41. The van der Waals surface area contributed by atoms with Gasteiger partial charge in [0, 0.05) is 18.0 Å². The van der Waals surface area contributed by atoms with Crippen LogP contribution in [0.25, 0.3) is 10.4 Å². The second kappa shape index (κ2) is 5.38. The van der Waals surface area contributed by atoms with E-state index in [-0.39, 0.29) is 12.0 Å². The fraction of sp³-hybridized carbons (Fsp3) is 0.909. The molecule has 0 aromatic heterocycles. The molecule has 0 aromatic carbocycles. The van der Waals surface area contributed by atoms with Crippen molar-refractivity contribution in [1.29, 1.82) is 0 Å². The Hall–Kier alpha value is -1.26. The Balaban J connectivity index is 2.68. The Morgan fingerprint density at radius 2 is 2.24 bits per heavy atom. The predicted octanol–water partition coefficient (Wildman–Crippen LogP) is 2.31. The highest BCUT2D eigenvalue weighted by Gasteiger charge is 2.45. The monoisotopic (exact) mass is 240 g/mol. The number of nitrogens with zero attached hydrogens (tertiary/aromatic N) is 3. The lowest BCUT2D eigenvalue weighted by molar-refractivity contribution is -0.148. The predicted molar refractivity (Wildman–Crippen MR) is 64.6 cm³/mol. The minimum atomic E-state index is -0.854. The highest BCUT2D eigenvalue weighted by atomic mass is 16.4. The number of hydrogen-bond donors (Lipinski definition) is 2. The molecule has 1 rings (SSSR count). The lowest BCUT2D eigenvalue weighted by Crippen LogP contribution is -2.57. The van der Waals surface area contributed by atoms with E-state index in [9.17, 15) is 9.90 Å². The first-order chi connectivity index (χ1) is 7.92. The molecule has 1 unspecified atom stereocenters. The summed E-state index contributed by atoms with van der Waals surface area (Å²) in [7, 11) is 0. The molecule has 1 atom stereocenters. The van der Waals surface area contributed by atoms with Gasteiger partial charge in [-0.15, -0.1) is 0 Å². The molecule has 0 radical (unpaired) electrons. The molecule has 0 heterocycles. The van der Waals surface area contributed by atoms with Crippen LogP contribution in [0.3, 0.4) is 0 Å². The summed E-state index contributed by atoms with van der Waals surface area (Å²) in [6, 6.07) is 0. The molecule has 0 saturated heterocycles. The Labute approximate surface area is 101 Å². The van der Waals surface area contributed by atoms with E-state index in [0.717, 1.165) is 12.8 Å². The summed E-state index contributed by atoms with van der Waals surface area (Å²) in [6.45, 7) is 4.89. The van der Waals surface area contributed by atoms with Crippen LogP contribution in [-0.2, 0) is 4.79 Å². The maximum atomic E-state index is 11.5. The molecule has 96 valence electrons. The van der Waals surface area contributed by atoms with Crippen LogP contribution in [0, 0.1) is 5.41 Å². The quantitative estimate of drug-likeness (QED) is 0.334. The molecule has 6 nitrogen and oxygen atoms in total. The third-order valence-corrected chi connectivity index (χ3v) is 3.39. The summed E-state index contributed by atoms with van der Waals surface area (Å²) in [5.41, 5.74) is 7.36. The third kappa shape index (κ3) is 3.61. The van der Waals surface area contributed by atoms with Gasteiger partial charge in [0.1, 0.15) is 5.54 Å². The van der Waals surface area contributed by atoms with E-state index in [1.807, 2.05) is 0 Å². The van der Waals surface area contributed by atoms with E-state index in [4.69, 9.17) is 5.53 Å². The molecule has 6 heteroatoms. The van der Waals surface area contributed by atoms with Gasteiger partial charge in [0.2, 0.25) is 0 Å². The standard InChI is InChI=1S/C11H20N4O2/c1-10(2)4-3-5-11(8-10,9(16)17)13-6-7-14-15-12/h13H,3-8H2,1-2H3,(H,16,17). The van der Waals surface area contributed by atoms with E-state index in [1.165, 1.54) is 0 Å². The summed E-state index contributed by atoms with van der Waals surface area (Å²) in [6.07, 6.45) is 3.22. The van der Waals surface area contributed by atoms with E-state index >= 15 is 0 Å². The molecule has 1 aliphatic carbocycles. The summed E-state index contributed by atoms with van der Waals surface area (Å²) < 4.78 is 0. The topological polar surface area (TPSA) is 98.1 Å². The van der Waals surface area contributed by atoms with Gasteiger partial charge in [-0.1, -0.05) is 25.4 Å². The average molecular weight is 240 g/mol. The Morgan fingerprint density at radius 3 is 2.76 bits per heavy atom. The fourth-order valence-corrected chi connectivity index (χ4v) is 2.66. The lowest BCUT2D eigenvalue weighted by atomic mass is 9.68. The Morgan fingerprint density at radius 1 is 1.53 bits per heavy atom. The molecule has 1 saturated carbocycles. The summed E-state index contributed by atoms with van der Waals surface area (Å²) in [5.74, 6) is -0.800. The lowest BCUT2D eigenvalue weighted by Gasteiger charge is -2.42. The highest BCUT2D eigenvalue weighted by molar-refractivity contribution is 5.79. The van der Waals surface area contributed by atoms with Crippen molar-refractivity contribution in [2.75, 3.05) is 13.1 Å². The van der Waals surface area contributed by atoms with E-state index < -0.39 is 11.5 Å². The molecule has 2 N–H and O–H groups in total. The van der Waals surface area contributed by atoms with Crippen LogP contribution in [0.2, 0.25) is 0 Å². The first kappa shape index (κ1) is 13.8. The molecule has 1 fully saturated rings. The number of nitrogens with one attached hydrogen (secondary N) is 1. The molecule has 0 amide bonds. The van der Waals surface area contributed by atoms with Gasteiger partial charge in [-0.3, -0.25) is 4.79 Å². The smallest absolute Gasteiger partial charge is 0.323 e. The largest absolute Gasteiger partial charge is 0.480 e. The number of aliphatic carboxylic acids is 1. The van der Waals surface area contributed by atoms with E-state index in [1.54, 1.807) is 0 Å². The van der Waals surface area contributed by atoms with Crippen molar-refractivity contribution < 1.29 is 9.90 Å². The Bertz CT molecular complexity index is 336. The van der Waals surface area contributed by atoms with Gasteiger partial charge in [-0.2, -0.15) is 0 Å². The molecule has 0 spiro atoms. The van der Waals surface area contributed by atoms with Crippen molar-refractivity contribution in [2.45, 2.75) is 45.1 Å². The molecular weight excluding hydrogens is 220 g/mol. The molecule has 17 heavy (non-hydrogen) atoms. The van der Waals surface area contributed by atoms with Gasteiger partial charge in [-0.25, -0.2) is 0 Å². The first-order valence-corrected chi connectivity index (χ1v) is 5.91. The number of azide groups is 1. The zero-order valence-electron chi connectivity index (χ0n) is 10.4. The van der Waals surface area contributed by atoms with Crippen LogP contribution >= 0.6 is 0 Å². The molecule has 0 bridgehead atoms. The SMILES string of the molecule is CC1(C)CCCC(NCCN=[N+]=[N-])(C(=O)O)C1. The van der Waals surface area contributed by atoms with E-state index in [2.05, 4.69) is 29.2 Å². The van der Waals surface area contributed by atoms with Gasteiger partial charge >= 0.3 is 5.97 Å². The summed E-state index contributed by atoms with van der Waals surface area (Å²) in [4.78, 5) is 14.1. The number of rotatable bonds is 5. The number of hydrogen-bond acceptors (Lipinski definition) is 3. The van der Waals surface area contributed by atoms with Crippen LogP contribution in [0.15, 0.2) is 5.11 Å². The fourth-order valence-electron chi connectivity index (χ4n) is 2.66. The van der Waals surface area contributed by atoms with Crippen molar-refractivity contribution in [3.05, 3.63) is 10.4 Å². The number of carboxylic acids is 1. The third-order valence-electron chi connectivity index (χ3n) is 3.39. The number of carbonyl (C=O) groups is 1. The van der Waals surface area contributed by atoms with Gasteiger partial charge in [0.25, 0.3) is 0 Å². The normalized spacial score (nSPS) is 27.2. The second-order valence-corrected chi connectivity index (χ2v) is 5.46. The second-order valence-electron chi connectivity index (χ2n) is 5.46. The van der Waals surface area contributed by atoms with Crippen LogP contribution in [0.1, 0.15) is 39.5 Å². The van der Waals surface area contributed by atoms with Gasteiger partial charge in [0.05, 0.1) is 0 Å². The van der Waals surface area contributed by atoms with Crippen molar-refractivity contribution in [2.24, 2.45) is 10.5 Å². The summed E-state index contributed by atoms with van der Waals surface area (Å²) in [5, 5.41) is 15.9. The molecule has 0 aliphatic heterocycles. The molecular formula is C11H20N4O2. The van der Waals surface area contributed by atoms with Gasteiger partial charge in [0.15, 0.2) is 0 Å². The maximum Gasteiger partial charge on any atom is 0.323 e. The molecule has 1 aliphatic rings. The Kier molecular flexibility index (Phi) is 4.37. The van der Waals surface area contributed by atoms with E-state index in [0.29, 0.717) is 19.4 Å². The zero-order valence-corrected chi connectivity index (χ0v) is 10.4. The summed E-state index contributed by atoms with van der Waals surface area (Å²) >= 11 is 0. The maximum absolute atomic E-state index is 11.5. The van der Waals surface area contributed by atoms with Crippen molar-refractivity contribution in [3.63, 3.8) is 0 Å². The average Bonchev–Trinajstić information content (AvgIpc) is 2.23. The number of carboxylic acid groups (broad SMARTS) is 1. The first-order valence-electron chi connectivity index (χ1n) is 5.91. The minimum absolute atomic E-state index is 0.0438. The zero-order chi connectivity index (χ0) is 12.9. The van der Waals surface area contributed by atoms with Gasteiger partial charge < -0.3 is 10.4 Å². The van der Waals surface area contributed by atoms with Crippen LogP contribution in [-0.4, -0.2) is 29.7 Å². The van der Waals surface area contributed by atoms with Crippen molar-refractivity contribution in [1.82, 2.24) is 5.32 Å². The van der Waals surface area contributed by atoms with Crippen LogP contribution in [0.4, 0.5) is 0 Å². The molecule has 0 aromatic rings. The van der Waals surface area contributed by atoms with Gasteiger partial charge in [-0.05, 0) is 30.2 Å². The van der Waals surface area contributed by atoms with Crippen LogP contribution < -0.4 is 5.32 Å². The van der Waals surface area contributed by atoms with Crippen LogP contribution in [0.5, 0.6) is 0 Å².